The maximum Gasteiger partial charge on any atom is 0.242 e. The molecule has 1 saturated carbocycles. The Morgan fingerprint density at radius 3 is 2.48 bits per heavy atom. The minimum absolute atomic E-state index is 0.00416. The maximum atomic E-state index is 12.8. The number of nitrogens with zero attached hydrogens (tertiary/aromatic N) is 1. The van der Waals surface area contributed by atoms with Gasteiger partial charge in [-0.3, -0.25) is 14.5 Å². The lowest BCUT2D eigenvalue weighted by Gasteiger charge is -2.30. The van der Waals surface area contributed by atoms with Gasteiger partial charge in [0.2, 0.25) is 11.8 Å². The van der Waals surface area contributed by atoms with Crippen molar-refractivity contribution in [3.63, 3.8) is 0 Å². The number of hydrogen-bond acceptors (Lipinski definition) is 4. The molecular formula is C19H31N3O3. The molecule has 2 amide bonds. The molecule has 0 aromatic carbocycles. The third-order valence-corrected chi connectivity index (χ3v) is 5.11. The van der Waals surface area contributed by atoms with Gasteiger partial charge in [-0.1, -0.05) is 26.7 Å². The molecule has 2 atom stereocenters. The van der Waals surface area contributed by atoms with Crippen molar-refractivity contribution in [2.24, 2.45) is 5.92 Å². The van der Waals surface area contributed by atoms with E-state index in [9.17, 15) is 9.59 Å². The minimum atomic E-state index is -0.436. The van der Waals surface area contributed by atoms with Crippen molar-refractivity contribution >= 4 is 11.8 Å². The van der Waals surface area contributed by atoms with Crippen molar-refractivity contribution in [1.29, 1.82) is 0 Å². The van der Waals surface area contributed by atoms with Crippen LogP contribution in [0, 0.1) is 5.92 Å². The highest BCUT2D eigenvalue weighted by Gasteiger charge is 2.32. The molecule has 2 unspecified atom stereocenters. The molecule has 2 N–H and O–H groups in total. The standard InChI is InChI=1S/C19H31N3O3/c1-4-22(5-2)16(17-11-8-12-25-17)13-20-19(24)18(21-14(3)23)15-9-6-7-10-15/h8,11-12,15-16,18H,4-7,9-10,13H2,1-3H3,(H,20,24)(H,21,23). The molecule has 0 radical (unpaired) electrons. The molecular weight excluding hydrogens is 318 g/mol. The second-order valence-corrected chi connectivity index (χ2v) is 6.72. The summed E-state index contributed by atoms with van der Waals surface area (Å²) in [7, 11) is 0. The van der Waals surface area contributed by atoms with Crippen LogP contribution in [0.2, 0.25) is 0 Å². The van der Waals surface area contributed by atoms with E-state index in [4.69, 9.17) is 4.42 Å². The van der Waals surface area contributed by atoms with E-state index in [1.54, 1.807) is 6.26 Å². The number of rotatable bonds is 9. The zero-order chi connectivity index (χ0) is 18.2. The molecule has 6 nitrogen and oxygen atoms in total. The first kappa shape index (κ1) is 19.5. The van der Waals surface area contributed by atoms with Crippen molar-refractivity contribution in [3.05, 3.63) is 24.2 Å². The SMILES string of the molecule is CCN(CC)C(CNC(=O)C(NC(C)=O)C1CCCC1)c1ccco1. The maximum absolute atomic E-state index is 12.8. The fourth-order valence-electron chi connectivity index (χ4n) is 3.77. The van der Waals surface area contributed by atoms with Crippen LogP contribution in [0.5, 0.6) is 0 Å². The van der Waals surface area contributed by atoms with Gasteiger partial charge in [-0.25, -0.2) is 0 Å². The normalized spacial score (nSPS) is 17.4. The topological polar surface area (TPSA) is 74.6 Å². The molecule has 1 fully saturated rings. The summed E-state index contributed by atoms with van der Waals surface area (Å²) < 4.78 is 5.57. The molecule has 1 aromatic heterocycles. The van der Waals surface area contributed by atoms with Gasteiger partial charge in [0.15, 0.2) is 0 Å². The molecule has 0 bridgehead atoms. The molecule has 1 heterocycles. The summed E-state index contributed by atoms with van der Waals surface area (Å²) in [6.45, 7) is 7.87. The van der Waals surface area contributed by atoms with E-state index in [2.05, 4.69) is 29.4 Å². The lowest BCUT2D eigenvalue weighted by Crippen LogP contribution is -2.51. The predicted molar refractivity (Wildman–Crippen MR) is 96.9 cm³/mol. The summed E-state index contributed by atoms with van der Waals surface area (Å²) in [6.07, 6.45) is 5.91. The average Bonchev–Trinajstić information content (AvgIpc) is 3.29. The van der Waals surface area contributed by atoms with E-state index in [0.717, 1.165) is 44.5 Å². The van der Waals surface area contributed by atoms with Crippen LogP contribution in [0.15, 0.2) is 22.8 Å². The van der Waals surface area contributed by atoms with E-state index in [1.165, 1.54) is 6.92 Å². The number of amides is 2. The van der Waals surface area contributed by atoms with E-state index in [0.29, 0.717) is 6.54 Å². The number of carbonyl (C=O) groups is 2. The van der Waals surface area contributed by atoms with Crippen LogP contribution in [0.4, 0.5) is 0 Å². The Morgan fingerprint density at radius 2 is 1.96 bits per heavy atom. The van der Waals surface area contributed by atoms with Crippen molar-refractivity contribution in [1.82, 2.24) is 15.5 Å². The van der Waals surface area contributed by atoms with Crippen molar-refractivity contribution in [2.45, 2.75) is 58.5 Å². The highest BCUT2D eigenvalue weighted by atomic mass is 16.3. The van der Waals surface area contributed by atoms with Crippen molar-refractivity contribution in [2.75, 3.05) is 19.6 Å². The van der Waals surface area contributed by atoms with Gasteiger partial charge >= 0.3 is 0 Å². The van der Waals surface area contributed by atoms with Crippen LogP contribution >= 0.6 is 0 Å². The first-order chi connectivity index (χ1) is 12.1. The van der Waals surface area contributed by atoms with Crippen LogP contribution in [0.25, 0.3) is 0 Å². The van der Waals surface area contributed by atoms with Gasteiger partial charge in [-0.2, -0.15) is 0 Å². The molecule has 0 saturated heterocycles. The molecule has 0 spiro atoms. The Labute approximate surface area is 150 Å². The summed E-state index contributed by atoms with van der Waals surface area (Å²) >= 11 is 0. The third kappa shape index (κ3) is 5.33. The summed E-state index contributed by atoms with van der Waals surface area (Å²) in [6, 6.07) is 3.37. The van der Waals surface area contributed by atoms with Crippen LogP contribution in [0.1, 0.15) is 58.3 Å². The van der Waals surface area contributed by atoms with Crippen molar-refractivity contribution < 1.29 is 14.0 Å². The first-order valence-corrected chi connectivity index (χ1v) is 9.39. The fourth-order valence-corrected chi connectivity index (χ4v) is 3.77. The van der Waals surface area contributed by atoms with E-state index >= 15 is 0 Å². The Balaban J connectivity index is 2.03. The fraction of sp³-hybridized carbons (Fsp3) is 0.684. The second kappa shape index (κ2) is 9.61. The lowest BCUT2D eigenvalue weighted by atomic mass is 9.97. The molecule has 1 aliphatic carbocycles. The molecule has 0 aliphatic heterocycles. The highest BCUT2D eigenvalue weighted by Crippen LogP contribution is 2.28. The number of likely N-dealkylation sites (N-methyl/N-ethyl adjacent to an activating group) is 1. The minimum Gasteiger partial charge on any atom is -0.468 e. The Hall–Kier alpha value is -1.82. The van der Waals surface area contributed by atoms with Gasteiger partial charge in [0.1, 0.15) is 11.8 Å². The first-order valence-electron chi connectivity index (χ1n) is 9.39. The van der Waals surface area contributed by atoms with Crippen LogP contribution in [0.3, 0.4) is 0 Å². The van der Waals surface area contributed by atoms with Crippen molar-refractivity contribution in [3.8, 4) is 0 Å². The zero-order valence-electron chi connectivity index (χ0n) is 15.6. The Bertz CT molecular complexity index is 534. The smallest absolute Gasteiger partial charge is 0.242 e. The molecule has 1 aliphatic rings. The molecule has 6 heteroatoms. The monoisotopic (exact) mass is 349 g/mol. The van der Waals surface area contributed by atoms with Gasteiger partial charge in [0.25, 0.3) is 0 Å². The largest absolute Gasteiger partial charge is 0.468 e. The predicted octanol–water partition coefficient (Wildman–Crippen LogP) is 2.47. The number of nitrogens with one attached hydrogen (secondary N) is 2. The van der Waals surface area contributed by atoms with Gasteiger partial charge < -0.3 is 15.1 Å². The van der Waals surface area contributed by atoms with E-state index in [-0.39, 0.29) is 23.8 Å². The van der Waals surface area contributed by atoms with Crippen LogP contribution in [-0.2, 0) is 9.59 Å². The molecule has 25 heavy (non-hydrogen) atoms. The van der Waals surface area contributed by atoms with Gasteiger partial charge in [-0.05, 0) is 44.0 Å². The average molecular weight is 349 g/mol. The molecule has 1 aromatic rings. The summed E-state index contributed by atoms with van der Waals surface area (Å²) in [4.78, 5) is 26.5. The molecule has 2 rings (SSSR count). The van der Waals surface area contributed by atoms with Gasteiger partial charge in [0, 0.05) is 13.5 Å². The second-order valence-electron chi connectivity index (χ2n) is 6.72. The highest BCUT2D eigenvalue weighted by molar-refractivity contribution is 5.87. The number of carbonyl (C=O) groups excluding carboxylic acids is 2. The Morgan fingerprint density at radius 1 is 1.28 bits per heavy atom. The zero-order valence-corrected chi connectivity index (χ0v) is 15.6. The number of furan rings is 1. The third-order valence-electron chi connectivity index (χ3n) is 5.11. The Kier molecular flexibility index (Phi) is 7.50. The summed E-state index contributed by atoms with van der Waals surface area (Å²) in [5, 5.41) is 5.90. The van der Waals surface area contributed by atoms with Gasteiger partial charge in [-0.15, -0.1) is 0 Å². The van der Waals surface area contributed by atoms with Crippen LogP contribution in [-0.4, -0.2) is 42.4 Å². The van der Waals surface area contributed by atoms with E-state index in [1.807, 2.05) is 12.1 Å². The molecule has 140 valence electrons. The summed E-state index contributed by atoms with van der Waals surface area (Å²) in [5.74, 6) is 0.838. The van der Waals surface area contributed by atoms with Crippen LogP contribution < -0.4 is 10.6 Å². The summed E-state index contributed by atoms with van der Waals surface area (Å²) in [5.41, 5.74) is 0. The quantitative estimate of drug-likeness (QED) is 0.718. The lowest BCUT2D eigenvalue weighted by molar-refractivity contribution is -0.129. The van der Waals surface area contributed by atoms with E-state index < -0.39 is 6.04 Å². The van der Waals surface area contributed by atoms with Gasteiger partial charge in [0.05, 0.1) is 12.3 Å². The number of hydrogen-bond donors (Lipinski definition) is 2.